The van der Waals surface area contributed by atoms with Crippen molar-refractivity contribution in [1.29, 1.82) is 0 Å². The van der Waals surface area contributed by atoms with Crippen LogP contribution in [-0.4, -0.2) is 25.1 Å². The van der Waals surface area contributed by atoms with Gasteiger partial charge in [-0.15, -0.1) is 0 Å². The Kier molecular flexibility index (Phi) is 3.44. The van der Waals surface area contributed by atoms with E-state index in [-0.39, 0.29) is 11.5 Å². The number of nitrogen functional groups attached to an aromatic ring is 1. The highest BCUT2D eigenvalue weighted by Gasteiger charge is 2.17. The van der Waals surface area contributed by atoms with Crippen molar-refractivity contribution >= 4 is 22.9 Å². The summed E-state index contributed by atoms with van der Waals surface area (Å²) in [6.07, 6.45) is 1.78. The second-order valence-electron chi connectivity index (χ2n) is 6.34. The molecule has 0 saturated carbocycles. The third kappa shape index (κ3) is 3.00. The van der Waals surface area contributed by atoms with Crippen LogP contribution in [0.4, 0.5) is 11.8 Å². The van der Waals surface area contributed by atoms with E-state index >= 15 is 0 Å². The van der Waals surface area contributed by atoms with Gasteiger partial charge in [0.25, 0.3) is 0 Å². The first-order valence-electron chi connectivity index (χ1n) is 7.23. The van der Waals surface area contributed by atoms with Crippen molar-refractivity contribution in [2.45, 2.75) is 32.9 Å². The number of imidazole rings is 1. The van der Waals surface area contributed by atoms with E-state index in [1.165, 1.54) is 5.56 Å². The maximum atomic E-state index is 5.86. The number of rotatable bonds is 3. The van der Waals surface area contributed by atoms with E-state index in [0.717, 1.165) is 11.2 Å². The normalized spacial score (nSPS) is 11.8. The first-order valence-corrected chi connectivity index (χ1v) is 7.23. The molecule has 0 spiro atoms. The predicted octanol–water partition coefficient (Wildman–Crippen LogP) is 2.67. The van der Waals surface area contributed by atoms with Crippen LogP contribution in [0.2, 0.25) is 0 Å². The van der Waals surface area contributed by atoms with Crippen LogP contribution in [0.3, 0.4) is 0 Å². The highest BCUT2D eigenvalue weighted by atomic mass is 15.2. The fourth-order valence-electron chi connectivity index (χ4n) is 2.30. The summed E-state index contributed by atoms with van der Waals surface area (Å²) in [7, 11) is 0. The quantitative estimate of drug-likeness (QED) is 0.776. The van der Waals surface area contributed by atoms with E-state index in [0.29, 0.717) is 12.4 Å². The topological polar surface area (TPSA) is 81.7 Å². The summed E-state index contributed by atoms with van der Waals surface area (Å²) in [4.78, 5) is 13.1. The lowest BCUT2D eigenvalue weighted by Crippen LogP contribution is -2.27. The second kappa shape index (κ2) is 5.29. The lowest BCUT2D eigenvalue weighted by atomic mass is 10.1. The molecular formula is C16H20N6. The van der Waals surface area contributed by atoms with Crippen molar-refractivity contribution in [3.8, 4) is 0 Å². The number of hydrogen-bond acceptors (Lipinski definition) is 5. The molecule has 2 heterocycles. The van der Waals surface area contributed by atoms with E-state index in [1.54, 1.807) is 6.33 Å². The Bertz CT molecular complexity index is 785. The molecule has 1 aromatic carbocycles. The zero-order valence-electron chi connectivity index (χ0n) is 13.0. The number of aromatic nitrogens is 4. The summed E-state index contributed by atoms with van der Waals surface area (Å²) in [6.45, 7) is 6.90. The molecule has 22 heavy (non-hydrogen) atoms. The molecule has 0 aliphatic rings. The van der Waals surface area contributed by atoms with E-state index in [4.69, 9.17) is 5.73 Å². The Morgan fingerprint density at radius 1 is 1.14 bits per heavy atom. The number of benzene rings is 1. The summed E-state index contributed by atoms with van der Waals surface area (Å²) >= 11 is 0. The van der Waals surface area contributed by atoms with E-state index in [1.807, 2.05) is 22.8 Å². The fraction of sp³-hybridized carbons (Fsp3) is 0.312. The average Bonchev–Trinajstić information content (AvgIpc) is 2.81. The van der Waals surface area contributed by atoms with Crippen LogP contribution in [0.5, 0.6) is 0 Å². The molecule has 3 rings (SSSR count). The Morgan fingerprint density at radius 3 is 2.55 bits per heavy atom. The number of fused-ring (bicyclic) bond motifs is 1. The Hall–Kier alpha value is -2.63. The Labute approximate surface area is 129 Å². The van der Waals surface area contributed by atoms with Crippen LogP contribution in [0.15, 0.2) is 36.7 Å². The molecule has 0 radical (unpaired) electrons. The molecule has 0 aliphatic carbocycles. The second-order valence-corrected chi connectivity index (χ2v) is 6.34. The minimum Gasteiger partial charge on any atom is -0.368 e. The van der Waals surface area contributed by atoms with Gasteiger partial charge in [-0.3, -0.25) is 0 Å². The number of nitrogens with zero attached hydrogens (tertiary/aromatic N) is 4. The zero-order valence-corrected chi connectivity index (χ0v) is 13.0. The molecule has 0 amide bonds. The molecule has 0 saturated heterocycles. The van der Waals surface area contributed by atoms with E-state index in [9.17, 15) is 0 Å². The third-order valence-electron chi connectivity index (χ3n) is 3.17. The van der Waals surface area contributed by atoms with Gasteiger partial charge in [0.2, 0.25) is 5.95 Å². The van der Waals surface area contributed by atoms with Crippen LogP contribution < -0.4 is 11.1 Å². The molecule has 0 unspecified atom stereocenters. The first kappa shape index (κ1) is 14.3. The minimum absolute atomic E-state index is 0.128. The summed E-state index contributed by atoms with van der Waals surface area (Å²) in [5.74, 6) is 0.913. The van der Waals surface area contributed by atoms with Gasteiger partial charge >= 0.3 is 0 Å². The predicted molar refractivity (Wildman–Crippen MR) is 88.7 cm³/mol. The van der Waals surface area contributed by atoms with Crippen molar-refractivity contribution in [3.63, 3.8) is 0 Å². The van der Waals surface area contributed by atoms with E-state index in [2.05, 4.69) is 53.2 Å². The summed E-state index contributed by atoms with van der Waals surface area (Å²) in [5, 5.41) is 3.34. The van der Waals surface area contributed by atoms with E-state index < -0.39 is 0 Å². The van der Waals surface area contributed by atoms with Crippen LogP contribution in [0.25, 0.3) is 11.2 Å². The number of nitrogens with one attached hydrogen (secondary N) is 1. The number of hydrogen-bond donors (Lipinski definition) is 2. The van der Waals surface area contributed by atoms with Crippen molar-refractivity contribution in [2.24, 2.45) is 0 Å². The molecule has 0 aliphatic heterocycles. The molecule has 6 nitrogen and oxygen atoms in total. The van der Waals surface area contributed by atoms with Crippen LogP contribution in [0.1, 0.15) is 26.3 Å². The average molecular weight is 296 g/mol. The molecule has 6 heteroatoms. The monoisotopic (exact) mass is 296 g/mol. The standard InChI is InChI=1S/C16H20N6/c1-16(2,3)21-13-12-14(20-15(17)19-13)22(10-18-12)9-11-7-5-4-6-8-11/h4-8,10H,9H2,1-3H3,(H3,17,19,20,21). The molecule has 0 bridgehead atoms. The molecule has 3 N–H and O–H groups in total. The highest BCUT2D eigenvalue weighted by Crippen LogP contribution is 2.23. The summed E-state index contributed by atoms with van der Waals surface area (Å²) in [6, 6.07) is 10.2. The Balaban J connectivity index is 2.03. The smallest absolute Gasteiger partial charge is 0.224 e. The van der Waals surface area contributed by atoms with Gasteiger partial charge in [-0.25, -0.2) is 4.98 Å². The maximum absolute atomic E-state index is 5.86. The molecule has 2 aromatic heterocycles. The van der Waals surface area contributed by atoms with Crippen molar-refractivity contribution in [3.05, 3.63) is 42.2 Å². The molecule has 114 valence electrons. The van der Waals surface area contributed by atoms with Gasteiger partial charge in [0.15, 0.2) is 17.0 Å². The maximum Gasteiger partial charge on any atom is 0.224 e. The van der Waals surface area contributed by atoms with Gasteiger partial charge in [0, 0.05) is 5.54 Å². The van der Waals surface area contributed by atoms with Gasteiger partial charge in [-0.2, -0.15) is 9.97 Å². The third-order valence-corrected chi connectivity index (χ3v) is 3.17. The van der Waals surface area contributed by atoms with Crippen LogP contribution in [-0.2, 0) is 6.54 Å². The van der Waals surface area contributed by atoms with Gasteiger partial charge in [0.05, 0.1) is 12.9 Å². The lowest BCUT2D eigenvalue weighted by molar-refractivity contribution is 0.631. The number of anilines is 2. The van der Waals surface area contributed by atoms with Gasteiger partial charge in [-0.05, 0) is 26.3 Å². The van der Waals surface area contributed by atoms with Crippen LogP contribution >= 0.6 is 0 Å². The largest absolute Gasteiger partial charge is 0.368 e. The van der Waals surface area contributed by atoms with Gasteiger partial charge in [-0.1, -0.05) is 30.3 Å². The fourth-order valence-corrected chi connectivity index (χ4v) is 2.30. The minimum atomic E-state index is -0.128. The molecule has 0 fully saturated rings. The zero-order chi connectivity index (χ0) is 15.7. The molecule has 0 atom stereocenters. The number of nitrogens with two attached hydrogens (primary N) is 1. The van der Waals surface area contributed by atoms with Gasteiger partial charge < -0.3 is 15.6 Å². The van der Waals surface area contributed by atoms with Gasteiger partial charge in [0.1, 0.15) is 0 Å². The van der Waals surface area contributed by atoms with Crippen molar-refractivity contribution < 1.29 is 0 Å². The van der Waals surface area contributed by atoms with Crippen molar-refractivity contribution in [1.82, 2.24) is 19.5 Å². The molecular weight excluding hydrogens is 276 g/mol. The molecule has 3 aromatic rings. The summed E-state index contributed by atoms with van der Waals surface area (Å²) in [5.41, 5.74) is 8.39. The summed E-state index contributed by atoms with van der Waals surface area (Å²) < 4.78 is 1.98. The SMILES string of the molecule is CC(C)(C)Nc1nc(N)nc2c1ncn2Cc1ccccc1. The van der Waals surface area contributed by atoms with Crippen LogP contribution in [0, 0.1) is 0 Å². The van der Waals surface area contributed by atoms with Crippen molar-refractivity contribution in [2.75, 3.05) is 11.1 Å². The Morgan fingerprint density at radius 2 is 1.86 bits per heavy atom. The highest BCUT2D eigenvalue weighted by molar-refractivity contribution is 5.84. The lowest BCUT2D eigenvalue weighted by Gasteiger charge is -2.21. The first-order chi connectivity index (χ1) is 10.4.